The van der Waals surface area contributed by atoms with Crippen molar-refractivity contribution >= 4 is 5.96 Å². The van der Waals surface area contributed by atoms with Gasteiger partial charge in [0.15, 0.2) is 5.96 Å². The molecule has 1 fully saturated rings. The van der Waals surface area contributed by atoms with Crippen LogP contribution in [0.4, 0.5) is 0 Å². The first-order valence-corrected chi connectivity index (χ1v) is 8.82. The summed E-state index contributed by atoms with van der Waals surface area (Å²) in [5.74, 6) is 0.883. The smallest absolute Gasteiger partial charge is 0.194 e. The Morgan fingerprint density at radius 3 is 2.88 bits per heavy atom. The Morgan fingerprint density at radius 1 is 1.42 bits per heavy atom. The Kier molecular flexibility index (Phi) is 5.87. The third kappa shape index (κ3) is 4.41. The van der Waals surface area contributed by atoms with Crippen molar-refractivity contribution in [1.29, 1.82) is 5.26 Å². The van der Waals surface area contributed by atoms with Gasteiger partial charge in [-0.25, -0.2) is 4.99 Å². The summed E-state index contributed by atoms with van der Waals surface area (Å²) in [6, 6.07) is 9.68. The van der Waals surface area contributed by atoms with E-state index in [9.17, 15) is 0 Å². The summed E-state index contributed by atoms with van der Waals surface area (Å²) in [7, 11) is 1.91. The standard InChI is InChI=1S/C19H24N6O/c1-3-21-19(22-11-16-6-4-15(10-20)5-7-16)25-8-9-26-18(14-25)17-12-23-24(2)13-17/h4-7,12-13,18H,3,8-9,11,14H2,1-2H3,(H,21,22). The monoisotopic (exact) mass is 352 g/mol. The maximum atomic E-state index is 8.90. The number of nitrogens with one attached hydrogen (secondary N) is 1. The van der Waals surface area contributed by atoms with Gasteiger partial charge in [-0.15, -0.1) is 0 Å². The molecule has 7 heteroatoms. The number of aromatic nitrogens is 2. The van der Waals surface area contributed by atoms with E-state index in [1.54, 1.807) is 4.68 Å². The van der Waals surface area contributed by atoms with Gasteiger partial charge in [0, 0.05) is 31.9 Å². The van der Waals surface area contributed by atoms with E-state index in [-0.39, 0.29) is 6.10 Å². The lowest BCUT2D eigenvalue weighted by atomic mass is 10.1. The molecule has 1 aromatic heterocycles. The fourth-order valence-corrected chi connectivity index (χ4v) is 2.93. The maximum Gasteiger partial charge on any atom is 0.194 e. The zero-order valence-electron chi connectivity index (χ0n) is 15.2. The molecule has 1 N–H and O–H groups in total. The highest BCUT2D eigenvalue weighted by Gasteiger charge is 2.25. The molecule has 1 aromatic carbocycles. The molecule has 1 aliphatic heterocycles. The Balaban J connectivity index is 1.70. The van der Waals surface area contributed by atoms with Gasteiger partial charge in [-0.05, 0) is 24.6 Å². The second-order valence-electron chi connectivity index (χ2n) is 6.23. The molecule has 136 valence electrons. The predicted octanol–water partition coefficient (Wildman–Crippen LogP) is 1.83. The first kappa shape index (κ1) is 18.0. The van der Waals surface area contributed by atoms with Gasteiger partial charge in [0.05, 0.1) is 37.5 Å². The minimum atomic E-state index is -0.00350. The number of aliphatic imine (C=N–C) groups is 1. The molecule has 2 heterocycles. The van der Waals surface area contributed by atoms with Crippen LogP contribution in [0.1, 0.15) is 29.7 Å². The van der Waals surface area contributed by atoms with Gasteiger partial charge in [-0.3, -0.25) is 4.68 Å². The lowest BCUT2D eigenvalue weighted by Crippen LogP contribution is -2.48. The fourth-order valence-electron chi connectivity index (χ4n) is 2.93. The van der Waals surface area contributed by atoms with Crippen LogP contribution in [-0.2, 0) is 18.3 Å². The fraction of sp³-hybridized carbons (Fsp3) is 0.421. The lowest BCUT2D eigenvalue weighted by molar-refractivity contribution is -0.00805. The summed E-state index contributed by atoms with van der Waals surface area (Å²) in [6.45, 7) is 5.64. The molecule has 0 aliphatic carbocycles. The quantitative estimate of drug-likeness (QED) is 0.671. The van der Waals surface area contributed by atoms with Crippen molar-refractivity contribution in [3.63, 3.8) is 0 Å². The van der Waals surface area contributed by atoms with Crippen molar-refractivity contribution in [3.05, 3.63) is 53.3 Å². The number of ether oxygens (including phenoxy) is 1. The van der Waals surface area contributed by atoms with Gasteiger partial charge in [0.2, 0.25) is 0 Å². The number of hydrogen-bond donors (Lipinski definition) is 1. The number of benzene rings is 1. The number of nitriles is 1. The van der Waals surface area contributed by atoms with Crippen LogP contribution in [0, 0.1) is 11.3 Å². The van der Waals surface area contributed by atoms with Gasteiger partial charge >= 0.3 is 0 Å². The van der Waals surface area contributed by atoms with Crippen molar-refractivity contribution in [2.75, 3.05) is 26.2 Å². The summed E-state index contributed by atoms with van der Waals surface area (Å²) in [5.41, 5.74) is 2.83. The Morgan fingerprint density at radius 2 is 2.23 bits per heavy atom. The molecule has 0 bridgehead atoms. The van der Waals surface area contributed by atoms with Crippen LogP contribution < -0.4 is 5.32 Å². The molecule has 0 spiro atoms. The highest BCUT2D eigenvalue weighted by Crippen LogP contribution is 2.21. The first-order valence-electron chi connectivity index (χ1n) is 8.82. The molecule has 1 aliphatic rings. The Hall–Kier alpha value is -2.85. The minimum Gasteiger partial charge on any atom is -0.370 e. The van der Waals surface area contributed by atoms with E-state index in [1.165, 1.54) is 0 Å². The summed E-state index contributed by atoms with van der Waals surface area (Å²) in [4.78, 5) is 7.00. The van der Waals surface area contributed by atoms with Crippen molar-refractivity contribution in [2.24, 2.45) is 12.0 Å². The van der Waals surface area contributed by atoms with E-state index in [4.69, 9.17) is 15.0 Å². The largest absolute Gasteiger partial charge is 0.370 e. The van der Waals surface area contributed by atoms with E-state index in [0.29, 0.717) is 18.7 Å². The van der Waals surface area contributed by atoms with Gasteiger partial charge in [-0.1, -0.05) is 12.1 Å². The van der Waals surface area contributed by atoms with Gasteiger partial charge in [0.1, 0.15) is 6.10 Å². The van der Waals surface area contributed by atoms with E-state index >= 15 is 0 Å². The van der Waals surface area contributed by atoms with Crippen molar-refractivity contribution in [2.45, 2.75) is 19.6 Å². The minimum absolute atomic E-state index is 0.00350. The number of guanidine groups is 1. The number of rotatable bonds is 4. The third-order valence-corrected chi connectivity index (χ3v) is 4.29. The van der Waals surface area contributed by atoms with E-state index in [1.807, 2.05) is 43.7 Å². The van der Waals surface area contributed by atoms with Gasteiger partial charge < -0.3 is 15.0 Å². The molecule has 3 rings (SSSR count). The molecule has 2 aromatic rings. The second-order valence-corrected chi connectivity index (χ2v) is 6.23. The summed E-state index contributed by atoms with van der Waals surface area (Å²) >= 11 is 0. The van der Waals surface area contributed by atoms with Crippen LogP contribution in [0.15, 0.2) is 41.7 Å². The second kappa shape index (κ2) is 8.50. The number of hydrogen-bond acceptors (Lipinski definition) is 4. The first-order chi connectivity index (χ1) is 12.7. The zero-order chi connectivity index (χ0) is 18.4. The zero-order valence-corrected chi connectivity index (χ0v) is 15.2. The van der Waals surface area contributed by atoms with Gasteiger partial charge in [-0.2, -0.15) is 10.4 Å². The molecule has 1 atom stereocenters. The van der Waals surface area contributed by atoms with Crippen LogP contribution in [0.5, 0.6) is 0 Å². The molecule has 0 amide bonds. The molecule has 26 heavy (non-hydrogen) atoms. The van der Waals surface area contributed by atoms with Gasteiger partial charge in [0.25, 0.3) is 0 Å². The number of morpholine rings is 1. The summed E-state index contributed by atoms with van der Waals surface area (Å²) < 4.78 is 7.71. The average Bonchev–Trinajstić information content (AvgIpc) is 3.12. The molecular formula is C19H24N6O. The van der Waals surface area contributed by atoms with Crippen LogP contribution >= 0.6 is 0 Å². The van der Waals surface area contributed by atoms with Crippen LogP contribution in [0.3, 0.4) is 0 Å². The number of nitrogens with zero attached hydrogens (tertiary/aromatic N) is 5. The van der Waals surface area contributed by atoms with E-state index in [0.717, 1.165) is 36.7 Å². The predicted molar refractivity (Wildman–Crippen MR) is 99.4 cm³/mol. The summed E-state index contributed by atoms with van der Waals surface area (Å²) in [5, 5.41) is 16.5. The van der Waals surface area contributed by atoms with E-state index < -0.39 is 0 Å². The van der Waals surface area contributed by atoms with Crippen molar-refractivity contribution in [1.82, 2.24) is 20.0 Å². The SMILES string of the molecule is CCNC(=NCc1ccc(C#N)cc1)N1CCOC(c2cnn(C)c2)C1. The highest BCUT2D eigenvalue weighted by atomic mass is 16.5. The third-order valence-electron chi connectivity index (χ3n) is 4.29. The highest BCUT2D eigenvalue weighted by molar-refractivity contribution is 5.80. The summed E-state index contributed by atoms with van der Waals surface area (Å²) in [6.07, 6.45) is 3.85. The van der Waals surface area contributed by atoms with E-state index in [2.05, 4.69) is 28.3 Å². The Labute approximate surface area is 153 Å². The Bertz CT molecular complexity index is 789. The van der Waals surface area contributed by atoms with Crippen LogP contribution in [0.25, 0.3) is 0 Å². The van der Waals surface area contributed by atoms with Crippen LogP contribution in [0.2, 0.25) is 0 Å². The average molecular weight is 352 g/mol. The van der Waals surface area contributed by atoms with Crippen molar-refractivity contribution in [3.8, 4) is 6.07 Å². The lowest BCUT2D eigenvalue weighted by Gasteiger charge is -2.34. The van der Waals surface area contributed by atoms with Crippen molar-refractivity contribution < 1.29 is 4.74 Å². The normalized spacial score (nSPS) is 17.8. The molecule has 1 saturated heterocycles. The molecule has 7 nitrogen and oxygen atoms in total. The molecule has 0 radical (unpaired) electrons. The topological polar surface area (TPSA) is 78.5 Å². The maximum absolute atomic E-state index is 8.90. The van der Waals surface area contributed by atoms with Crippen LogP contribution in [-0.4, -0.2) is 46.9 Å². The molecule has 0 saturated carbocycles. The molecule has 1 unspecified atom stereocenters. The number of aryl methyl sites for hydroxylation is 1. The molecular weight excluding hydrogens is 328 g/mol.